The molecule has 0 aliphatic carbocycles. The van der Waals surface area contributed by atoms with E-state index in [1.165, 1.54) is 6.92 Å². The van der Waals surface area contributed by atoms with Gasteiger partial charge < -0.3 is 15.4 Å². The normalized spacial score (nSPS) is 10.1. The van der Waals surface area contributed by atoms with Crippen molar-refractivity contribution in [3.05, 3.63) is 71.8 Å². The highest BCUT2D eigenvalue weighted by molar-refractivity contribution is 6.03. The number of rotatable bonds is 6. The van der Waals surface area contributed by atoms with Crippen molar-refractivity contribution in [3.63, 3.8) is 0 Å². The first-order valence-corrected chi connectivity index (χ1v) is 8.22. The van der Waals surface area contributed by atoms with Gasteiger partial charge in [0.15, 0.2) is 17.4 Å². The number of Topliss-reactive ketones (excluding diaryl/α,β-unsaturated/α-hetero) is 1. The number of carbonyl (C=O) groups is 2. The molecule has 0 fully saturated rings. The van der Waals surface area contributed by atoms with Crippen LogP contribution in [0.2, 0.25) is 0 Å². The fraction of sp³-hybridized carbons (Fsp3) is 0.100. The molecule has 0 bridgehead atoms. The molecule has 3 aromatic rings. The SMILES string of the molecule is COc1ccc(C(=O)Nc2ccc(Nc3cccc(C(C)=O)c3)nn2)cc1. The Morgan fingerprint density at radius 2 is 1.59 bits per heavy atom. The first-order valence-electron chi connectivity index (χ1n) is 8.22. The smallest absolute Gasteiger partial charge is 0.256 e. The Morgan fingerprint density at radius 1 is 0.889 bits per heavy atom. The largest absolute Gasteiger partial charge is 0.497 e. The molecule has 0 spiro atoms. The lowest BCUT2D eigenvalue weighted by molar-refractivity contribution is 0.101. The van der Waals surface area contributed by atoms with Crippen molar-refractivity contribution in [2.45, 2.75) is 6.92 Å². The topological polar surface area (TPSA) is 93.2 Å². The van der Waals surface area contributed by atoms with Crippen LogP contribution in [0.5, 0.6) is 5.75 Å². The predicted molar refractivity (Wildman–Crippen MR) is 103 cm³/mol. The second kappa shape index (κ2) is 8.09. The minimum atomic E-state index is -0.290. The molecule has 1 amide bonds. The summed E-state index contributed by atoms with van der Waals surface area (Å²) < 4.78 is 5.07. The number of hydrogen-bond donors (Lipinski definition) is 2. The Balaban J connectivity index is 1.65. The zero-order valence-electron chi connectivity index (χ0n) is 14.9. The van der Waals surface area contributed by atoms with Crippen molar-refractivity contribution in [3.8, 4) is 5.75 Å². The van der Waals surface area contributed by atoms with Crippen molar-refractivity contribution < 1.29 is 14.3 Å². The van der Waals surface area contributed by atoms with Crippen LogP contribution in [0.1, 0.15) is 27.6 Å². The highest BCUT2D eigenvalue weighted by Crippen LogP contribution is 2.17. The van der Waals surface area contributed by atoms with E-state index in [9.17, 15) is 9.59 Å². The maximum Gasteiger partial charge on any atom is 0.256 e. The van der Waals surface area contributed by atoms with Gasteiger partial charge in [-0.05, 0) is 55.5 Å². The summed E-state index contributed by atoms with van der Waals surface area (Å²) in [6.45, 7) is 1.51. The molecule has 2 aromatic carbocycles. The monoisotopic (exact) mass is 362 g/mol. The summed E-state index contributed by atoms with van der Waals surface area (Å²) in [5.41, 5.74) is 1.82. The molecule has 1 aromatic heterocycles. The standard InChI is InChI=1S/C20H18N4O3/c1-13(25)15-4-3-5-16(12-15)21-18-10-11-19(24-23-18)22-20(26)14-6-8-17(27-2)9-7-14/h3-12H,1-2H3,(H,21,23)(H,22,24,26). The maximum atomic E-state index is 12.2. The van der Waals surface area contributed by atoms with Crippen molar-refractivity contribution in [1.29, 1.82) is 0 Å². The number of nitrogens with one attached hydrogen (secondary N) is 2. The summed E-state index contributed by atoms with van der Waals surface area (Å²) in [5.74, 6) is 1.20. The van der Waals surface area contributed by atoms with Crippen LogP contribution in [0.25, 0.3) is 0 Å². The highest BCUT2D eigenvalue weighted by Gasteiger charge is 2.08. The third-order valence-corrected chi connectivity index (χ3v) is 3.80. The van der Waals surface area contributed by atoms with Gasteiger partial charge >= 0.3 is 0 Å². The van der Waals surface area contributed by atoms with Gasteiger partial charge in [0.05, 0.1) is 7.11 Å². The summed E-state index contributed by atoms with van der Waals surface area (Å²) >= 11 is 0. The Morgan fingerprint density at radius 3 is 2.22 bits per heavy atom. The molecular weight excluding hydrogens is 344 g/mol. The lowest BCUT2D eigenvalue weighted by atomic mass is 10.1. The predicted octanol–water partition coefficient (Wildman–Crippen LogP) is 3.68. The van der Waals surface area contributed by atoms with E-state index in [1.54, 1.807) is 61.7 Å². The molecule has 0 aliphatic rings. The van der Waals surface area contributed by atoms with Crippen LogP contribution in [0.3, 0.4) is 0 Å². The van der Waals surface area contributed by atoms with Gasteiger partial charge in [-0.25, -0.2) is 0 Å². The first-order chi connectivity index (χ1) is 13.0. The molecule has 136 valence electrons. The average Bonchev–Trinajstić information content (AvgIpc) is 2.69. The van der Waals surface area contributed by atoms with E-state index in [0.717, 1.165) is 5.69 Å². The van der Waals surface area contributed by atoms with Crippen LogP contribution >= 0.6 is 0 Å². The van der Waals surface area contributed by atoms with Crippen LogP contribution in [-0.2, 0) is 0 Å². The number of nitrogens with zero attached hydrogens (tertiary/aromatic N) is 2. The van der Waals surface area contributed by atoms with E-state index in [1.807, 2.05) is 6.07 Å². The third-order valence-electron chi connectivity index (χ3n) is 3.80. The number of ketones is 1. The molecular formula is C20H18N4O3. The second-order valence-corrected chi connectivity index (χ2v) is 5.75. The maximum absolute atomic E-state index is 12.2. The fourth-order valence-corrected chi connectivity index (χ4v) is 2.36. The number of methoxy groups -OCH3 is 1. The van der Waals surface area contributed by atoms with Crippen LogP contribution in [0.4, 0.5) is 17.3 Å². The quantitative estimate of drug-likeness (QED) is 0.650. The number of anilines is 3. The van der Waals surface area contributed by atoms with Crippen molar-refractivity contribution in [2.24, 2.45) is 0 Å². The molecule has 7 heteroatoms. The third kappa shape index (κ3) is 4.66. The van der Waals surface area contributed by atoms with Gasteiger partial charge in [0.2, 0.25) is 0 Å². The minimum absolute atomic E-state index is 0.0127. The van der Waals surface area contributed by atoms with E-state index in [2.05, 4.69) is 20.8 Å². The van der Waals surface area contributed by atoms with Crippen LogP contribution < -0.4 is 15.4 Å². The molecule has 2 N–H and O–H groups in total. The summed E-state index contributed by atoms with van der Waals surface area (Å²) in [5, 5.41) is 13.8. The van der Waals surface area contributed by atoms with Gasteiger partial charge in [0.1, 0.15) is 5.75 Å². The van der Waals surface area contributed by atoms with Gasteiger partial charge in [-0.2, -0.15) is 0 Å². The molecule has 0 saturated heterocycles. The van der Waals surface area contributed by atoms with Gasteiger partial charge in [0, 0.05) is 16.8 Å². The molecule has 27 heavy (non-hydrogen) atoms. The highest BCUT2D eigenvalue weighted by atomic mass is 16.5. The Bertz CT molecular complexity index is 954. The lowest BCUT2D eigenvalue weighted by Crippen LogP contribution is -2.13. The van der Waals surface area contributed by atoms with Crippen LogP contribution in [0, 0.1) is 0 Å². The molecule has 0 saturated carbocycles. The Labute approximate surface area is 156 Å². The molecule has 1 heterocycles. The molecule has 7 nitrogen and oxygen atoms in total. The van der Waals surface area contributed by atoms with Crippen molar-refractivity contribution in [1.82, 2.24) is 10.2 Å². The Hall–Kier alpha value is -3.74. The van der Waals surface area contributed by atoms with Gasteiger partial charge in [0.25, 0.3) is 5.91 Å². The number of aromatic nitrogens is 2. The summed E-state index contributed by atoms with van der Waals surface area (Å²) in [4.78, 5) is 23.7. The van der Waals surface area contributed by atoms with Gasteiger partial charge in [-0.3, -0.25) is 9.59 Å². The summed E-state index contributed by atoms with van der Waals surface area (Å²) in [7, 11) is 1.57. The zero-order chi connectivity index (χ0) is 19.2. The number of ether oxygens (including phenoxy) is 1. The van der Waals surface area contributed by atoms with E-state index in [4.69, 9.17) is 4.74 Å². The first kappa shape index (κ1) is 18.1. The number of hydrogen-bond acceptors (Lipinski definition) is 6. The molecule has 0 unspecified atom stereocenters. The fourth-order valence-electron chi connectivity index (χ4n) is 2.36. The summed E-state index contributed by atoms with van der Waals surface area (Å²) in [6.07, 6.45) is 0. The van der Waals surface area contributed by atoms with E-state index in [0.29, 0.717) is 28.5 Å². The minimum Gasteiger partial charge on any atom is -0.497 e. The second-order valence-electron chi connectivity index (χ2n) is 5.75. The molecule has 3 rings (SSSR count). The number of amides is 1. The van der Waals surface area contributed by atoms with Crippen LogP contribution in [0.15, 0.2) is 60.7 Å². The molecule has 0 atom stereocenters. The zero-order valence-corrected chi connectivity index (χ0v) is 14.9. The molecule has 0 radical (unpaired) electrons. The lowest BCUT2D eigenvalue weighted by Gasteiger charge is -2.08. The van der Waals surface area contributed by atoms with Crippen molar-refractivity contribution >= 4 is 29.0 Å². The average molecular weight is 362 g/mol. The number of carbonyl (C=O) groups excluding carboxylic acids is 2. The molecule has 0 aliphatic heterocycles. The van der Waals surface area contributed by atoms with Gasteiger partial charge in [-0.1, -0.05) is 12.1 Å². The van der Waals surface area contributed by atoms with Crippen molar-refractivity contribution in [2.75, 3.05) is 17.7 Å². The van der Waals surface area contributed by atoms with Crippen LogP contribution in [-0.4, -0.2) is 29.0 Å². The van der Waals surface area contributed by atoms with E-state index < -0.39 is 0 Å². The van der Waals surface area contributed by atoms with E-state index >= 15 is 0 Å². The van der Waals surface area contributed by atoms with Gasteiger partial charge in [-0.15, -0.1) is 10.2 Å². The Kier molecular flexibility index (Phi) is 5.41. The summed E-state index contributed by atoms with van der Waals surface area (Å²) in [6, 6.07) is 17.2. The number of benzene rings is 2. The van der Waals surface area contributed by atoms with E-state index in [-0.39, 0.29) is 11.7 Å².